The molecule has 0 amide bonds. The molecule has 2 N–H and O–H groups in total. The summed E-state index contributed by atoms with van der Waals surface area (Å²) in [4.78, 5) is 10.8. The van der Waals surface area contributed by atoms with Crippen LogP contribution in [0.5, 0.6) is 0 Å². The molecule has 2 aromatic heterocycles. The van der Waals surface area contributed by atoms with Crippen molar-refractivity contribution in [3.05, 3.63) is 42.0 Å². The summed E-state index contributed by atoms with van der Waals surface area (Å²) in [5, 5.41) is 1.24. The maximum absolute atomic E-state index is 4.23. The van der Waals surface area contributed by atoms with Crippen molar-refractivity contribution in [2.45, 2.75) is 13.8 Å². The highest BCUT2D eigenvalue weighted by atomic mass is 14.9. The lowest BCUT2D eigenvalue weighted by atomic mass is 10.1. The standard InChI is InChI=1S/C13H13N3/c1-8-3-4-12-10(5-8)11(6-15-12)13-7-14-9(2)16-13/h3-7,15H,1-2H3,(H,14,16). The highest BCUT2D eigenvalue weighted by molar-refractivity contribution is 5.94. The van der Waals surface area contributed by atoms with Gasteiger partial charge in [-0.1, -0.05) is 11.6 Å². The van der Waals surface area contributed by atoms with E-state index >= 15 is 0 Å². The van der Waals surface area contributed by atoms with Gasteiger partial charge in [-0.15, -0.1) is 0 Å². The van der Waals surface area contributed by atoms with Crippen LogP contribution < -0.4 is 0 Å². The molecule has 0 aliphatic carbocycles. The van der Waals surface area contributed by atoms with Crippen molar-refractivity contribution < 1.29 is 0 Å². The van der Waals surface area contributed by atoms with Gasteiger partial charge in [-0.25, -0.2) is 4.98 Å². The van der Waals surface area contributed by atoms with E-state index in [9.17, 15) is 0 Å². The summed E-state index contributed by atoms with van der Waals surface area (Å²) in [7, 11) is 0. The minimum Gasteiger partial charge on any atom is -0.360 e. The Kier molecular flexibility index (Phi) is 1.86. The maximum atomic E-state index is 4.23. The van der Waals surface area contributed by atoms with E-state index in [0.29, 0.717) is 0 Å². The largest absolute Gasteiger partial charge is 0.360 e. The molecule has 0 fully saturated rings. The minimum atomic E-state index is 0.942. The van der Waals surface area contributed by atoms with Crippen molar-refractivity contribution in [2.75, 3.05) is 0 Å². The fraction of sp³-hybridized carbons (Fsp3) is 0.154. The number of aromatic amines is 2. The monoisotopic (exact) mass is 211 g/mol. The van der Waals surface area contributed by atoms with E-state index in [1.807, 2.05) is 19.3 Å². The molecule has 3 rings (SSSR count). The second kappa shape index (κ2) is 3.23. The molecule has 0 aliphatic rings. The number of H-pyrrole nitrogens is 2. The summed E-state index contributed by atoms with van der Waals surface area (Å²) in [6.45, 7) is 4.07. The first-order chi connectivity index (χ1) is 7.74. The number of nitrogens with zero attached hydrogens (tertiary/aromatic N) is 1. The lowest BCUT2D eigenvalue weighted by Crippen LogP contribution is -1.77. The van der Waals surface area contributed by atoms with Gasteiger partial charge in [-0.3, -0.25) is 0 Å². The maximum Gasteiger partial charge on any atom is 0.103 e. The van der Waals surface area contributed by atoms with E-state index < -0.39 is 0 Å². The molecular weight excluding hydrogens is 198 g/mol. The van der Waals surface area contributed by atoms with E-state index in [1.165, 1.54) is 16.5 Å². The molecular formula is C13H13N3. The second-order valence-electron chi connectivity index (χ2n) is 4.13. The molecule has 0 atom stereocenters. The van der Waals surface area contributed by atoms with Crippen LogP contribution in [-0.4, -0.2) is 15.0 Å². The van der Waals surface area contributed by atoms with Crippen LogP contribution in [0.4, 0.5) is 0 Å². The zero-order valence-corrected chi connectivity index (χ0v) is 9.33. The van der Waals surface area contributed by atoms with Crippen LogP contribution >= 0.6 is 0 Å². The first-order valence-electron chi connectivity index (χ1n) is 5.34. The molecule has 0 spiro atoms. The molecule has 80 valence electrons. The van der Waals surface area contributed by atoms with E-state index in [-0.39, 0.29) is 0 Å². The molecule has 0 saturated heterocycles. The smallest absolute Gasteiger partial charge is 0.103 e. The van der Waals surface area contributed by atoms with Crippen molar-refractivity contribution in [1.29, 1.82) is 0 Å². The first kappa shape index (κ1) is 9.21. The average molecular weight is 211 g/mol. The Morgan fingerprint density at radius 2 is 2.06 bits per heavy atom. The lowest BCUT2D eigenvalue weighted by molar-refractivity contribution is 1.15. The third-order valence-corrected chi connectivity index (χ3v) is 2.83. The molecule has 16 heavy (non-hydrogen) atoms. The van der Waals surface area contributed by atoms with E-state index in [1.54, 1.807) is 0 Å². The molecule has 0 aliphatic heterocycles. The van der Waals surface area contributed by atoms with E-state index in [2.05, 4.69) is 40.1 Å². The third kappa shape index (κ3) is 1.33. The van der Waals surface area contributed by atoms with Gasteiger partial charge in [0.15, 0.2) is 0 Å². The van der Waals surface area contributed by atoms with Gasteiger partial charge in [0, 0.05) is 22.7 Å². The Balaban J connectivity index is 2.27. The zero-order valence-electron chi connectivity index (χ0n) is 9.33. The normalized spacial score (nSPS) is 11.1. The van der Waals surface area contributed by atoms with E-state index in [4.69, 9.17) is 0 Å². The predicted octanol–water partition coefficient (Wildman–Crippen LogP) is 3.17. The average Bonchev–Trinajstić information content (AvgIpc) is 2.83. The molecule has 0 radical (unpaired) electrons. The van der Waals surface area contributed by atoms with Crippen molar-refractivity contribution in [3.63, 3.8) is 0 Å². The van der Waals surface area contributed by atoms with Crippen LogP contribution in [-0.2, 0) is 0 Å². The number of imidazole rings is 1. The fourth-order valence-corrected chi connectivity index (χ4v) is 2.01. The molecule has 0 unspecified atom stereocenters. The molecule has 3 nitrogen and oxygen atoms in total. The van der Waals surface area contributed by atoms with Crippen LogP contribution in [0.3, 0.4) is 0 Å². The quantitative estimate of drug-likeness (QED) is 0.638. The summed E-state index contributed by atoms with van der Waals surface area (Å²) in [6.07, 6.45) is 3.90. The van der Waals surface area contributed by atoms with E-state index in [0.717, 1.165) is 17.0 Å². The number of nitrogens with one attached hydrogen (secondary N) is 2. The molecule has 0 bridgehead atoms. The Hall–Kier alpha value is -2.03. The first-order valence-corrected chi connectivity index (χ1v) is 5.34. The van der Waals surface area contributed by atoms with Crippen molar-refractivity contribution in [1.82, 2.24) is 15.0 Å². The number of aryl methyl sites for hydroxylation is 2. The van der Waals surface area contributed by atoms with Gasteiger partial charge in [-0.05, 0) is 26.0 Å². The fourth-order valence-electron chi connectivity index (χ4n) is 2.01. The van der Waals surface area contributed by atoms with Gasteiger partial charge in [0.1, 0.15) is 5.82 Å². The van der Waals surface area contributed by atoms with Crippen LogP contribution in [0.1, 0.15) is 11.4 Å². The topological polar surface area (TPSA) is 44.5 Å². The summed E-state index contributed by atoms with van der Waals surface area (Å²) in [5.74, 6) is 0.942. The van der Waals surface area contributed by atoms with Crippen LogP contribution in [0.2, 0.25) is 0 Å². The van der Waals surface area contributed by atoms with Gasteiger partial charge in [0.25, 0.3) is 0 Å². The number of hydrogen-bond acceptors (Lipinski definition) is 1. The number of rotatable bonds is 1. The summed E-state index contributed by atoms with van der Waals surface area (Å²) >= 11 is 0. The molecule has 0 saturated carbocycles. The third-order valence-electron chi connectivity index (χ3n) is 2.83. The highest BCUT2D eigenvalue weighted by Gasteiger charge is 2.07. The van der Waals surface area contributed by atoms with Gasteiger partial charge >= 0.3 is 0 Å². The number of aromatic nitrogens is 3. The van der Waals surface area contributed by atoms with Crippen LogP contribution in [0, 0.1) is 13.8 Å². The van der Waals surface area contributed by atoms with Crippen molar-refractivity contribution in [3.8, 4) is 11.3 Å². The highest BCUT2D eigenvalue weighted by Crippen LogP contribution is 2.27. The van der Waals surface area contributed by atoms with Crippen molar-refractivity contribution >= 4 is 10.9 Å². The van der Waals surface area contributed by atoms with Crippen LogP contribution in [0.15, 0.2) is 30.6 Å². The Labute approximate surface area is 93.5 Å². The van der Waals surface area contributed by atoms with Crippen molar-refractivity contribution in [2.24, 2.45) is 0 Å². The van der Waals surface area contributed by atoms with Gasteiger partial charge < -0.3 is 9.97 Å². The Morgan fingerprint density at radius 3 is 2.81 bits per heavy atom. The van der Waals surface area contributed by atoms with Gasteiger partial charge in [-0.2, -0.15) is 0 Å². The molecule has 2 heterocycles. The number of hydrogen-bond donors (Lipinski definition) is 2. The second-order valence-corrected chi connectivity index (χ2v) is 4.13. The Bertz CT molecular complexity index is 646. The van der Waals surface area contributed by atoms with Gasteiger partial charge in [0.05, 0.1) is 11.9 Å². The Morgan fingerprint density at radius 1 is 1.19 bits per heavy atom. The molecule has 3 heteroatoms. The number of benzene rings is 1. The number of fused-ring (bicyclic) bond motifs is 1. The minimum absolute atomic E-state index is 0.942. The predicted molar refractivity (Wildman–Crippen MR) is 65.4 cm³/mol. The lowest BCUT2D eigenvalue weighted by Gasteiger charge is -1.96. The summed E-state index contributed by atoms with van der Waals surface area (Å²) in [6, 6.07) is 6.41. The van der Waals surface area contributed by atoms with Crippen LogP contribution in [0.25, 0.3) is 22.2 Å². The zero-order chi connectivity index (χ0) is 11.1. The molecule has 1 aromatic carbocycles. The molecule has 3 aromatic rings. The summed E-state index contributed by atoms with van der Waals surface area (Å²) < 4.78 is 0. The SMILES string of the molecule is Cc1ccc2[nH]cc(-c3cnc(C)[nH]3)c2c1. The van der Waals surface area contributed by atoms with Gasteiger partial charge in [0.2, 0.25) is 0 Å². The summed E-state index contributed by atoms with van der Waals surface area (Å²) in [5.41, 5.74) is 4.67.